The third kappa shape index (κ3) is 6.42. The summed E-state index contributed by atoms with van der Waals surface area (Å²) in [5, 5.41) is 11.9. The Kier molecular flexibility index (Phi) is 6.99. The van der Waals surface area contributed by atoms with Gasteiger partial charge in [0, 0.05) is 13.5 Å². The zero-order valence-corrected chi connectivity index (χ0v) is 15.6. The maximum Gasteiger partial charge on any atom is 0.217 e. The average molecular weight is 349 g/mol. The van der Waals surface area contributed by atoms with Crippen molar-refractivity contribution >= 4 is 5.91 Å². The number of aliphatic hydroxyl groups excluding tert-OH is 1. The predicted molar refractivity (Wildman–Crippen MR) is 97.3 cm³/mol. The molecule has 1 aromatic carbocycles. The molecule has 0 atom stereocenters. The average Bonchev–Trinajstić information content (AvgIpc) is 2.57. The van der Waals surface area contributed by atoms with E-state index < -0.39 is 11.3 Å². The fourth-order valence-corrected chi connectivity index (χ4v) is 3.06. The first-order valence-corrected chi connectivity index (χ1v) is 9.10. The van der Waals surface area contributed by atoms with E-state index in [9.17, 15) is 4.79 Å². The van der Waals surface area contributed by atoms with Gasteiger partial charge in [-0.1, -0.05) is 24.3 Å². The normalized spacial score (nSPS) is 18.7. The quantitative estimate of drug-likeness (QED) is 0.708. The molecular weight excluding hydrogens is 318 g/mol. The van der Waals surface area contributed by atoms with E-state index >= 15 is 0 Å². The predicted octanol–water partition coefficient (Wildman–Crippen LogP) is 2.59. The molecule has 0 bridgehead atoms. The Morgan fingerprint density at radius 3 is 2.16 bits per heavy atom. The van der Waals surface area contributed by atoms with Crippen molar-refractivity contribution in [2.75, 3.05) is 19.8 Å². The number of carbonyl (C=O) groups excluding carboxylic acids is 1. The van der Waals surface area contributed by atoms with Crippen molar-refractivity contribution in [2.45, 2.75) is 64.2 Å². The van der Waals surface area contributed by atoms with Crippen LogP contribution in [0.3, 0.4) is 0 Å². The van der Waals surface area contributed by atoms with Crippen LogP contribution < -0.4 is 5.32 Å². The lowest BCUT2D eigenvalue weighted by atomic mass is 9.91. The van der Waals surface area contributed by atoms with E-state index in [1.807, 2.05) is 13.8 Å². The van der Waals surface area contributed by atoms with Crippen molar-refractivity contribution < 1.29 is 19.4 Å². The van der Waals surface area contributed by atoms with Crippen LogP contribution in [-0.2, 0) is 27.1 Å². The van der Waals surface area contributed by atoms with Crippen LogP contribution in [0.5, 0.6) is 0 Å². The van der Waals surface area contributed by atoms with Crippen molar-refractivity contribution in [3.63, 3.8) is 0 Å². The number of rotatable bonds is 8. The van der Waals surface area contributed by atoms with Gasteiger partial charge >= 0.3 is 0 Å². The second-order valence-electron chi connectivity index (χ2n) is 7.44. The van der Waals surface area contributed by atoms with Gasteiger partial charge in [-0.15, -0.1) is 0 Å². The minimum atomic E-state index is -0.599. The zero-order chi connectivity index (χ0) is 18.3. The highest BCUT2D eigenvalue weighted by Crippen LogP contribution is 2.27. The van der Waals surface area contributed by atoms with E-state index in [2.05, 4.69) is 29.6 Å². The third-order valence-corrected chi connectivity index (χ3v) is 4.62. The molecule has 0 aliphatic carbocycles. The van der Waals surface area contributed by atoms with Gasteiger partial charge in [0.1, 0.15) is 0 Å². The summed E-state index contributed by atoms with van der Waals surface area (Å²) in [4.78, 5) is 11.6. The van der Waals surface area contributed by atoms with Gasteiger partial charge in [0.25, 0.3) is 0 Å². The molecule has 0 aromatic heterocycles. The molecule has 2 N–H and O–H groups in total. The van der Waals surface area contributed by atoms with E-state index in [0.29, 0.717) is 13.2 Å². The van der Waals surface area contributed by atoms with Crippen LogP contribution in [0, 0.1) is 0 Å². The number of unbranched alkanes of at least 4 members (excludes halogenated alkanes) is 1. The van der Waals surface area contributed by atoms with Crippen LogP contribution in [0.25, 0.3) is 0 Å². The van der Waals surface area contributed by atoms with Gasteiger partial charge in [0.05, 0.1) is 18.8 Å². The Labute approximate surface area is 150 Å². The fourth-order valence-electron chi connectivity index (χ4n) is 3.06. The lowest BCUT2D eigenvalue weighted by molar-refractivity contribution is -0.271. The molecule has 5 nitrogen and oxygen atoms in total. The van der Waals surface area contributed by atoms with Crippen LogP contribution in [0.1, 0.15) is 51.2 Å². The number of aliphatic hydroxyl groups is 1. The maximum atomic E-state index is 11.6. The smallest absolute Gasteiger partial charge is 0.217 e. The summed E-state index contributed by atoms with van der Waals surface area (Å²) >= 11 is 0. The lowest BCUT2D eigenvalue weighted by Gasteiger charge is -2.43. The van der Waals surface area contributed by atoms with Crippen molar-refractivity contribution in [1.82, 2.24) is 5.32 Å². The van der Waals surface area contributed by atoms with Crippen LogP contribution >= 0.6 is 0 Å². The Morgan fingerprint density at radius 1 is 1.08 bits per heavy atom. The molecule has 0 radical (unpaired) electrons. The molecule has 2 rings (SSSR count). The Bertz CT molecular complexity index is 543. The number of benzene rings is 1. The fraction of sp³-hybridized carbons (Fsp3) is 0.650. The van der Waals surface area contributed by atoms with E-state index in [-0.39, 0.29) is 12.5 Å². The number of carbonyl (C=O) groups is 1. The molecule has 1 heterocycles. The van der Waals surface area contributed by atoms with Crippen LogP contribution in [0.2, 0.25) is 0 Å². The molecule has 1 saturated heterocycles. The largest absolute Gasteiger partial charge is 0.396 e. The van der Waals surface area contributed by atoms with Gasteiger partial charge in [-0.25, -0.2) is 0 Å². The Morgan fingerprint density at radius 2 is 1.64 bits per heavy atom. The molecule has 1 aromatic rings. The number of hydrogen-bond acceptors (Lipinski definition) is 4. The molecule has 1 amide bonds. The number of amides is 1. The number of hydrogen-bond donors (Lipinski definition) is 2. The molecule has 0 saturated carbocycles. The van der Waals surface area contributed by atoms with E-state index in [1.165, 1.54) is 18.1 Å². The second-order valence-corrected chi connectivity index (χ2v) is 7.44. The Hall–Kier alpha value is -1.43. The molecule has 5 heteroatoms. The van der Waals surface area contributed by atoms with Crippen LogP contribution in [-0.4, -0.2) is 42.2 Å². The maximum absolute atomic E-state index is 11.6. The first kappa shape index (κ1) is 19.9. The molecule has 140 valence electrons. The minimum Gasteiger partial charge on any atom is -0.396 e. The van der Waals surface area contributed by atoms with Gasteiger partial charge in [0.2, 0.25) is 5.91 Å². The lowest BCUT2D eigenvalue weighted by Crippen LogP contribution is -2.60. The third-order valence-electron chi connectivity index (χ3n) is 4.62. The van der Waals surface area contributed by atoms with Gasteiger partial charge in [-0.3, -0.25) is 4.79 Å². The first-order chi connectivity index (χ1) is 11.8. The monoisotopic (exact) mass is 349 g/mol. The summed E-state index contributed by atoms with van der Waals surface area (Å²) in [6.45, 7) is 6.48. The van der Waals surface area contributed by atoms with Crippen molar-refractivity contribution in [1.29, 1.82) is 0 Å². The van der Waals surface area contributed by atoms with Crippen molar-refractivity contribution in [3.05, 3.63) is 35.4 Å². The van der Waals surface area contributed by atoms with Crippen molar-refractivity contribution in [2.24, 2.45) is 0 Å². The highest BCUT2D eigenvalue weighted by Gasteiger charge is 2.40. The minimum absolute atomic E-state index is 0.0638. The zero-order valence-electron chi connectivity index (χ0n) is 15.6. The summed E-state index contributed by atoms with van der Waals surface area (Å²) in [6, 6.07) is 8.58. The van der Waals surface area contributed by atoms with Crippen LogP contribution in [0.4, 0.5) is 0 Å². The van der Waals surface area contributed by atoms with E-state index in [1.54, 1.807) is 0 Å². The summed E-state index contributed by atoms with van der Waals surface area (Å²) in [5.74, 6) is -0.663. The molecule has 0 unspecified atom stereocenters. The highest BCUT2D eigenvalue weighted by atomic mass is 16.7. The summed E-state index contributed by atoms with van der Waals surface area (Å²) < 4.78 is 11.6. The summed E-state index contributed by atoms with van der Waals surface area (Å²) in [6.07, 6.45) is 4.47. The molecular formula is C20H31NO4. The van der Waals surface area contributed by atoms with Crippen molar-refractivity contribution in [3.8, 4) is 0 Å². The summed E-state index contributed by atoms with van der Waals surface area (Å²) in [5.41, 5.74) is 2.06. The molecule has 1 aliphatic heterocycles. The van der Waals surface area contributed by atoms with Gasteiger partial charge < -0.3 is 19.9 Å². The Balaban J connectivity index is 1.93. The SMILES string of the molecule is CC(=O)NC1(CCc2ccc(CCCCO)cc2)COC(C)(C)OC1. The number of ether oxygens (including phenoxy) is 2. The van der Waals surface area contributed by atoms with E-state index in [4.69, 9.17) is 14.6 Å². The number of nitrogens with one attached hydrogen (secondary N) is 1. The summed E-state index contributed by atoms with van der Waals surface area (Å²) in [7, 11) is 0. The molecule has 25 heavy (non-hydrogen) atoms. The van der Waals surface area contributed by atoms with Gasteiger partial charge in [-0.05, 0) is 57.1 Å². The van der Waals surface area contributed by atoms with Gasteiger partial charge in [0.15, 0.2) is 5.79 Å². The highest BCUT2D eigenvalue weighted by molar-refractivity contribution is 5.73. The van der Waals surface area contributed by atoms with Crippen LogP contribution in [0.15, 0.2) is 24.3 Å². The van der Waals surface area contributed by atoms with Gasteiger partial charge in [-0.2, -0.15) is 0 Å². The molecule has 1 fully saturated rings. The standard InChI is InChI=1S/C20H31NO4/c1-16(23)21-20(14-24-19(2,3)25-15-20)12-11-18-9-7-17(8-10-18)6-4-5-13-22/h7-10,22H,4-6,11-15H2,1-3H3,(H,21,23). The topological polar surface area (TPSA) is 67.8 Å². The number of aryl methyl sites for hydroxylation is 2. The molecule has 1 aliphatic rings. The first-order valence-electron chi connectivity index (χ1n) is 9.10. The van der Waals surface area contributed by atoms with E-state index in [0.717, 1.165) is 32.1 Å². The second kappa shape index (κ2) is 8.79. The molecule has 0 spiro atoms.